The SMILES string of the molecule is NCCCCCc1nnc2ccc(-c3cccs3)nn12. The Hall–Kier alpha value is -1.79. The van der Waals surface area contributed by atoms with Crippen LogP contribution in [-0.4, -0.2) is 26.4 Å². The van der Waals surface area contributed by atoms with E-state index in [-0.39, 0.29) is 0 Å². The molecule has 0 atom stereocenters. The van der Waals surface area contributed by atoms with Crippen LogP contribution in [0.5, 0.6) is 0 Å². The van der Waals surface area contributed by atoms with Gasteiger partial charge in [0.25, 0.3) is 0 Å². The topological polar surface area (TPSA) is 69.1 Å². The molecule has 0 spiro atoms. The molecule has 0 amide bonds. The van der Waals surface area contributed by atoms with Crippen LogP contribution in [0, 0.1) is 0 Å². The first-order chi connectivity index (χ1) is 9.88. The highest BCUT2D eigenvalue weighted by atomic mass is 32.1. The second kappa shape index (κ2) is 6.11. The predicted octanol–water partition coefficient (Wildman–Crippen LogP) is 2.52. The fourth-order valence-corrected chi connectivity index (χ4v) is 2.84. The van der Waals surface area contributed by atoms with Crippen LogP contribution in [-0.2, 0) is 6.42 Å². The van der Waals surface area contributed by atoms with E-state index in [4.69, 9.17) is 5.73 Å². The van der Waals surface area contributed by atoms with Crippen molar-refractivity contribution in [3.63, 3.8) is 0 Å². The molecule has 3 heterocycles. The lowest BCUT2D eigenvalue weighted by molar-refractivity contribution is 0.656. The van der Waals surface area contributed by atoms with Crippen LogP contribution in [0.1, 0.15) is 25.1 Å². The van der Waals surface area contributed by atoms with Crippen molar-refractivity contribution in [1.29, 1.82) is 0 Å². The number of aryl methyl sites for hydroxylation is 1. The normalized spacial score (nSPS) is 11.2. The Bertz CT molecular complexity index is 674. The molecule has 3 aromatic rings. The fourth-order valence-electron chi connectivity index (χ4n) is 2.15. The van der Waals surface area contributed by atoms with Gasteiger partial charge in [-0.25, -0.2) is 0 Å². The molecule has 0 fully saturated rings. The first-order valence-electron chi connectivity index (χ1n) is 6.84. The zero-order valence-corrected chi connectivity index (χ0v) is 12.0. The molecule has 0 saturated heterocycles. The lowest BCUT2D eigenvalue weighted by Crippen LogP contribution is -2.02. The molecular formula is C14H17N5S. The lowest BCUT2D eigenvalue weighted by Gasteiger charge is -2.01. The van der Waals surface area contributed by atoms with Crippen LogP contribution < -0.4 is 5.73 Å². The van der Waals surface area contributed by atoms with Gasteiger partial charge in [-0.2, -0.15) is 9.61 Å². The van der Waals surface area contributed by atoms with Gasteiger partial charge >= 0.3 is 0 Å². The van der Waals surface area contributed by atoms with Gasteiger partial charge in [0.15, 0.2) is 11.5 Å². The van der Waals surface area contributed by atoms with Crippen LogP contribution in [0.15, 0.2) is 29.6 Å². The predicted molar refractivity (Wildman–Crippen MR) is 80.7 cm³/mol. The molecule has 3 rings (SSSR count). The second-order valence-electron chi connectivity index (χ2n) is 4.68. The first-order valence-corrected chi connectivity index (χ1v) is 7.72. The Balaban J connectivity index is 1.84. The summed E-state index contributed by atoms with van der Waals surface area (Å²) in [4.78, 5) is 1.16. The van der Waals surface area contributed by atoms with Crippen molar-refractivity contribution in [2.75, 3.05) is 6.54 Å². The number of aromatic nitrogens is 4. The number of hydrogen-bond donors (Lipinski definition) is 1. The Morgan fingerprint density at radius 2 is 2.05 bits per heavy atom. The Morgan fingerprint density at radius 1 is 1.10 bits per heavy atom. The van der Waals surface area contributed by atoms with E-state index in [2.05, 4.69) is 26.7 Å². The number of fused-ring (bicyclic) bond motifs is 1. The summed E-state index contributed by atoms with van der Waals surface area (Å²) in [6, 6.07) is 8.07. The van der Waals surface area contributed by atoms with Crippen molar-refractivity contribution in [2.24, 2.45) is 5.73 Å². The number of nitrogens with two attached hydrogens (primary N) is 1. The number of unbranched alkanes of at least 4 members (excludes halogenated alkanes) is 2. The Kier molecular flexibility index (Phi) is 4.03. The molecule has 5 nitrogen and oxygen atoms in total. The summed E-state index contributed by atoms with van der Waals surface area (Å²) in [6.07, 6.45) is 4.14. The summed E-state index contributed by atoms with van der Waals surface area (Å²) < 4.78 is 1.86. The standard InChI is InChI=1S/C14H17N5S/c15-9-3-1-2-6-13-16-17-14-8-7-11(18-19(13)14)12-5-4-10-20-12/h4-5,7-8,10H,1-3,6,9,15H2. The second-order valence-corrected chi connectivity index (χ2v) is 5.63. The molecule has 0 saturated carbocycles. The summed E-state index contributed by atoms with van der Waals surface area (Å²) in [5, 5.41) is 15.1. The molecule has 2 N–H and O–H groups in total. The zero-order valence-electron chi connectivity index (χ0n) is 11.2. The monoisotopic (exact) mass is 287 g/mol. The van der Waals surface area contributed by atoms with Crippen molar-refractivity contribution in [3.05, 3.63) is 35.5 Å². The maximum Gasteiger partial charge on any atom is 0.177 e. The molecule has 0 aliphatic carbocycles. The van der Waals surface area contributed by atoms with Crippen molar-refractivity contribution in [1.82, 2.24) is 19.8 Å². The average Bonchev–Trinajstić information content (AvgIpc) is 3.13. The Morgan fingerprint density at radius 3 is 2.85 bits per heavy atom. The molecule has 0 aliphatic heterocycles. The van der Waals surface area contributed by atoms with Gasteiger partial charge in [0.2, 0.25) is 0 Å². The molecule has 0 aliphatic rings. The van der Waals surface area contributed by atoms with Gasteiger partial charge < -0.3 is 5.73 Å². The third kappa shape index (κ3) is 2.71. The highest BCUT2D eigenvalue weighted by molar-refractivity contribution is 7.13. The molecule has 0 aromatic carbocycles. The van der Waals surface area contributed by atoms with E-state index in [1.165, 1.54) is 0 Å². The summed E-state index contributed by atoms with van der Waals surface area (Å²) in [5.41, 5.74) is 7.28. The van der Waals surface area contributed by atoms with Gasteiger partial charge in [-0.3, -0.25) is 0 Å². The van der Waals surface area contributed by atoms with Crippen LogP contribution in [0.4, 0.5) is 0 Å². The smallest absolute Gasteiger partial charge is 0.177 e. The van der Waals surface area contributed by atoms with E-state index in [1.807, 2.05) is 22.7 Å². The van der Waals surface area contributed by atoms with Crippen LogP contribution >= 0.6 is 11.3 Å². The van der Waals surface area contributed by atoms with Gasteiger partial charge in [-0.1, -0.05) is 12.5 Å². The highest BCUT2D eigenvalue weighted by Crippen LogP contribution is 2.22. The average molecular weight is 287 g/mol. The van der Waals surface area contributed by atoms with Crippen molar-refractivity contribution in [3.8, 4) is 10.6 Å². The molecular weight excluding hydrogens is 270 g/mol. The van der Waals surface area contributed by atoms with Gasteiger partial charge in [-0.05, 0) is 43.0 Å². The van der Waals surface area contributed by atoms with E-state index >= 15 is 0 Å². The number of thiophene rings is 1. The summed E-state index contributed by atoms with van der Waals surface area (Å²) in [7, 11) is 0. The molecule has 0 radical (unpaired) electrons. The number of rotatable bonds is 6. The van der Waals surface area contributed by atoms with Crippen LogP contribution in [0.3, 0.4) is 0 Å². The third-order valence-corrected chi connectivity index (χ3v) is 4.10. The Labute approximate surface area is 121 Å². The minimum atomic E-state index is 0.751. The van der Waals surface area contributed by atoms with E-state index < -0.39 is 0 Å². The quantitative estimate of drug-likeness (QED) is 0.707. The van der Waals surface area contributed by atoms with Crippen molar-refractivity contribution in [2.45, 2.75) is 25.7 Å². The number of nitrogens with zero attached hydrogens (tertiary/aromatic N) is 4. The maximum absolute atomic E-state index is 5.51. The van der Waals surface area contributed by atoms with Crippen LogP contribution in [0.25, 0.3) is 16.2 Å². The van der Waals surface area contributed by atoms with Crippen LogP contribution in [0.2, 0.25) is 0 Å². The lowest BCUT2D eigenvalue weighted by atomic mass is 10.2. The van der Waals surface area contributed by atoms with Crippen molar-refractivity contribution < 1.29 is 0 Å². The van der Waals surface area contributed by atoms with Gasteiger partial charge in [0.1, 0.15) is 5.69 Å². The molecule has 20 heavy (non-hydrogen) atoms. The summed E-state index contributed by atoms with van der Waals surface area (Å²) in [5.74, 6) is 0.926. The van der Waals surface area contributed by atoms with E-state index in [9.17, 15) is 0 Å². The third-order valence-electron chi connectivity index (χ3n) is 3.21. The maximum atomic E-state index is 5.51. The highest BCUT2D eigenvalue weighted by Gasteiger charge is 2.08. The minimum absolute atomic E-state index is 0.751. The fraction of sp³-hybridized carbons (Fsp3) is 0.357. The summed E-state index contributed by atoms with van der Waals surface area (Å²) in [6.45, 7) is 0.751. The van der Waals surface area contributed by atoms with Gasteiger partial charge in [-0.15, -0.1) is 21.5 Å². The molecule has 0 unspecified atom stereocenters. The first kappa shape index (κ1) is 13.2. The largest absolute Gasteiger partial charge is 0.330 e. The van der Waals surface area contributed by atoms with E-state index in [0.29, 0.717) is 0 Å². The van der Waals surface area contributed by atoms with Gasteiger partial charge in [0.05, 0.1) is 4.88 Å². The molecule has 6 heteroatoms. The minimum Gasteiger partial charge on any atom is -0.330 e. The summed E-state index contributed by atoms with van der Waals surface area (Å²) >= 11 is 1.69. The molecule has 3 aromatic heterocycles. The van der Waals surface area contributed by atoms with E-state index in [0.717, 1.165) is 54.3 Å². The molecule has 104 valence electrons. The number of hydrogen-bond acceptors (Lipinski definition) is 5. The van der Waals surface area contributed by atoms with E-state index in [1.54, 1.807) is 11.3 Å². The van der Waals surface area contributed by atoms with Gasteiger partial charge in [0, 0.05) is 6.42 Å². The zero-order chi connectivity index (χ0) is 13.8. The van der Waals surface area contributed by atoms with Crippen molar-refractivity contribution >= 4 is 17.0 Å². The molecule has 0 bridgehead atoms.